The Morgan fingerprint density at radius 2 is 2.17 bits per heavy atom. The van der Waals surface area contributed by atoms with Crippen LogP contribution in [0, 0.1) is 5.92 Å². The van der Waals surface area contributed by atoms with Gasteiger partial charge < -0.3 is 10.1 Å². The lowest BCUT2D eigenvalue weighted by molar-refractivity contribution is -0.121. The zero-order valence-corrected chi connectivity index (χ0v) is 11.4. The molecule has 104 valence electrons. The van der Waals surface area contributed by atoms with E-state index in [1.54, 1.807) is 0 Å². The highest BCUT2D eigenvalue weighted by Crippen LogP contribution is 2.18. The van der Waals surface area contributed by atoms with E-state index in [0.717, 1.165) is 25.9 Å². The molecule has 2 fully saturated rings. The summed E-state index contributed by atoms with van der Waals surface area (Å²) in [5.41, 5.74) is 0. The molecule has 6 heteroatoms. The van der Waals surface area contributed by atoms with Gasteiger partial charge in [0.15, 0.2) is 9.84 Å². The van der Waals surface area contributed by atoms with Crippen LogP contribution in [0.5, 0.6) is 0 Å². The average Bonchev–Trinajstić information content (AvgIpc) is 2.93. The van der Waals surface area contributed by atoms with Gasteiger partial charge in [0.25, 0.3) is 0 Å². The van der Waals surface area contributed by atoms with Crippen molar-refractivity contribution < 1.29 is 17.9 Å². The number of sulfone groups is 1. The molecule has 2 heterocycles. The van der Waals surface area contributed by atoms with Crippen molar-refractivity contribution >= 4 is 15.7 Å². The summed E-state index contributed by atoms with van der Waals surface area (Å²) in [4.78, 5) is 11.6. The van der Waals surface area contributed by atoms with Gasteiger partial charge in [0.2, 0.25) is 5.91 Å². The van der Waals surface area contributed by atoms with Crippen LogP contribution in [0.15, 0.2) is 0 Å². The fraction of sp³-hybridized carbons (Fsp3) is 0.917. The van der Waals surface area contributed by atoms with Gasteiger partial charge in [-0.3, -0.25) is 4.79 Å². The first-order valence-electron chi connectivity index (χ1n) is 6.64. The molecule has 0 unspecified atom stereocenters. The SMILES string of the molecule is O=C(CC[C@@H]1CCCO1)NC[C@H]1CCS(=O)(=O)C1. The van der Waals surface area contributed by atoms with E-state index in [1.165, 1.54) is 0 Å². The van der Waals surface area contributed by atoms with Crippen LogP contribution in [0.2, 0.25) is 0 Å². The van der Waals surface area contributed by atoms with Gasteiger partial charge in [-0.2, -0.15) is 0 Å². The van der Waals surface area contributed by atoms with Gasteiger partial charge in [0.1, 0.15) is 0 Å². The monoisotopic (exact) mass is 275 g/mol. The van der Waals surface area contributed by atoms with Crippen molar-refractivity contribution in [2.45, 2.75) is 38.2 Å². The summed E-state index contributed by atoms with van der Waals surface area (Å²) < 4.78 is 28.0. The number of hydrogen-bond donors (Lipinski definition) is 1. The molecule has 2 aliphatic rings. The lowest BCUT2D eigenvalue weighted by Gasteiger charge is -2.11. The molecular weight excluding hydrogens is 254 g/mol. The van der Waals surface area contributed by atoms with E-state index in [2.05, 4.69) is 5.32 Å². The Balaban J connectivity index is 1.60. The molecule has 0 radical (unpaired) electrons. The molecule has 0 aliphatic carbocycles. The molecule has 2 saturated heterocycles. The van der Waals surface area contributed by atoms with Crippen molar-refractivity contribution in [2.75, 3.05) is 24.7 Å². The highest BCUT2D eigenvalue weighted by Gasteiger charge is 2.27. The van der Waals surface area contributed by atoms with E-state index in [1.807, 2.05) is 0 Å². The summed E-state index contributed by atoms with van der Waals surface area (Å²) in [7, 11) is -2.84. The zero-order valence-electron chi connectivity index (χ0n) is 10.6. The summed E-state index contributed by atoms with van der Waals surface area (Å²) in [5, 5.41) is 2.83. The minimum atomic E-state index is -2.84. The second-order valence-electron chi connectivity index (χ2n) is 5.25. The standard InChI is InChI=1S/C12H21NO4S/c14-12(4-3-11-2-1-6-17-11)13-8-10-5-7-18(15,16)9-10/h10-11H,1-9H2,(H,13,14)/t10-,11+/m1/s1. The normalized spacial score (nSPS) is 30.4. The van der Waals surface area contributed by atoms with E-state index in [4.69, 9.17) is 4.74 Å². The number of hydrogen-bond acceptors (Lipinski definition) is 4. The van der Waals surface area contributed by atoms with Gasteiger partial charge >= 0.3 is 0 Å². The summed E-state index contributed by atoms with van der Waals surface area (Å²) >= 11 is 0. The molecule has 1 amide bonds. The molecular formula is C12H21NO4S. The van der Waals surface area contributed by atoms with E-state index >= 15 is 0 Å². The van der Waals surface area contributed by atoms with Crippen LogP contribution in [0.3, 0.4) is 0 Å². The number of carbonyl (C=O) groups is 1. The van der Waals surface area contributed by atoms with Crippen molar-refractivity contribution in [2.24, 2.45) is 5.92 Å². The predicted octanol–water partition coefficient (Wildman–Crippen LogP) is 0.496. The van der Waals surface area contributed by atoms with Gasteiger partial charge in [-0.15, -0.1) is 0 Å². The van der Waals surface area contributed by atoms with Crippen LogP contribution in [-0.4, -0.2) is 45.1 Å². The Kier molecular flexibility index (Phi) is 4.61. The van der Waals surface area contributed by atoms with E-state index in [9.17, 15) is 13.2 Å². The third-order valence-corrected chi connectivity index (χ3v) is 5.47. The molecule has 5 nitrogen and oxygen atoms in total. The summed E-state index contributed by atoms with van der Waals surface area (Å²) in [6.07, 6.45) is 4.30. The van der Waals surface area contributed by atoms with E-state index in [-0.39, 0.29) is 29.4 Å². The fourth-order valence-corrected chi connectivity index (χ4v) is 4.41. The Labute approximate surface area is 108 Å². The van der Waals surface area contributed by atoms with Crippen LogP contribution < -0.4 is 5.32 Å². The third kappa shape index (κ3) is 4.24. The van der Waals surface area contributed by atoms with Crippen molar-refractivity contribution in [1.82, 2.24) is 5.32 Å². The highest BCUT2D eigenvalue weighted by atomic mass is 32.2. The Morgan fingerprint density at radius 1 is 1.33 bits per heavy atom. The Hall–Kier alpha value is -0.620. The van der Waals surface area contributed by atoms with Gasteiger partial charge in [0, 0.05) is 19.6 Å². The van der Waals surface area contributed by atoms with E-state index in [0.29, 0.717) is 19.4 Å². The second-order valence-corrected chi connectivity index (χ2v) is 7.48. The number of ether oxygens (including phenoxy) is 1. The molecule has 0 bridgehead atoms. The summed E-state index contributed by atoms with van der Waals surface area (Å²) in [5.74, 6) is 0.596. The summed E-state index contributed by atoms with van der Waals surface area (Å²) in [6.45, 7) is 1.30. The highest BCUT2D eigenvalue weighted by molar-refractivity contribution is 7.91. The Morgan fingerprint density at radius 3 is 2.78 bits per heavy atom. The number of rotatable bonds is 5. The van der Waals surface area contributed by atoms with Crippen molar-refractivity contribution in [3.63, 3.8) is 0 Å². The second kappa shape index (κ2) is 6.02. The number of amides is 1. The van der Waals surface area contributed by atoms with Crippen molar-refractivity contribution in [3.8, 4) is 0 Å². The van der Waals surface area contributed by atoms with Crippen molar-refractivity contribution in [1.29, 1.82) is 0 Å². The predicted molar refractivity (Wildman–Crippen MR) is 68.0 cm³/mol. The van der Waals surface area contributed by atoms with Crippen LogP contribution in [0.1, 0.15) is 32.1 Å². The lowest BCUT2D eigenvalue weighted by atomic mass is 10.1. The first-order valence-corrected chi connectivity index (χ1v) is 8.46. The van der Waals surface area contributed by atoms with Crippen LogP contribution in [-0.2, 0) is 19.4 Å². The quantitative estimate of drug-likeness (QED) is 0.793. The van der Waals surface area contributed by atoms with E-state index < -0.39 is 9.84 Å². The largest absolute Gasteiger partial charge is 0.378 e. The molecule has 0 aromatic carbocycles. The minimum Gasteiger partial charge on any atom is -0.378 e. The number of nitrogens with one attached hydrogen (secondary N) is 1. The third-order valence-electron chi connectivity index (χ3n) is 3.63. The maximum absolute atomic E-state index is 11.6. The van der Waals surface area contributed by atoms with Crippen LogP contribution >= 0.6 is 0 Å². The number of carbonyl (C=O) groups excluding carboxylic acids is 1. The van der Waals surface area contributed by atoms with Gasteiger partial charge in [-0.25, -0.2) is 8.42 Å². The molecule has 0 aromatic heterocycles. The first-order chi connectivity index (χ1) is 8.55. The zero-order chi connectivity index (χ0) is 13.0. The van der Waals surface area contributed by atoms with Gasteiger partial charge in [0.05, 0.1) is 17.6 Å². The van der Waals surface area contributed by atoms with Crippen LogP contribution in [0.25, 0.3) is 0 Å². The maximum atomic E-state index is 11.6. The van der Waals surface area contributed by atoms with Crippen LogP contribution in [0.4, 0.5) is 0 Å². The molecule has 0 spiro atoms. The van der Waals surface area contributed by atoms with Gasteiger partial charge in [-0.05, 0) is 31.6 Å². The molecule has 0 saturated carbocycles. The summed E-state index contributed by atoms with van der Waals surface area (Å²) in [6, 6.07) is 0. The maximum Gasteiger partial charge on any atom is 0.220 e. The molecule has 2 rings (SSSR count). The van der Waals surface area contributed by atoms with Crippen molar-refractivity contribution in [3.05, 3.63) is 0 Å². The topological polar surface area (TPSA) is 72.5 Å². The fourth-order valence-electron chi connectivity index (χ4n) is 2.54. The molecule has 0 aromatic rings. The van der Waals surface area contributed by atoms with Gasteiger partial charge in [-0.1, -0.05) is 0 Å². The molecule has 2 aliphatic heterocycles. The average molecular weight is 275 g/mol. The molecule has 18 heavy (non-hydrogen) atoms. The smallest absolute Gasteiger partial charge is 0.220 e. The molecule has 1 N–H and O–H groups in total. The Bertz CT molecular complexity index is 387. The lowest BCUT2D eigenvalue weighted by Crippen LogP contribution is -2.30. The first kappa shape index (κ1) is 13.8. The molecule has 2 atom stereocenters. The minimum absolute atomic E-state index is 0.00907.